The minimum Gasteiger partial charge on any atom is -0.377 e. The van der Waals surface area contributed by atoms with Gasteiger partial charge < -0.3 is 15.0 Å². The highest BCUT2D eigenvalue weighted by Gasteiger charge is 2.32. The van der Waals surface area contributed by atoms with Crippen LogP contribution in [0.1, 0.15) is 29.9 Å². The first-order valence-electron chi connectivity index (χ1n) is 8.21. The van der Waals surface area contributed by atoms with Crippen LogP contribution >= 0.6 is 43.2 Å². The highest BCUT2D eigenvalue weighted by atomic mass is 79.9. The lowest BCUT2D eigenvalue weighted by Crippen LogP contribution is -2.55. The molecule has 2 rings (SSSR count). The van der Waals surface area contributed by atoms with Gasteiger partial charge in [0, 0.05) is 29.2 Å². The van der Waals surface area contributed by atoms with E-state index >= 15 is 0 Å². The molecule has 0 bridgehead atoms. The number of nitrogens with one attached hydrogen (secondary N) is 1. The Labute approximate surface area is 182 Å². The number of aliphatic imine (C=N–C) groups is 1. The molecule has 154 valence electrons. The lowest BCUT2D eigenvalue weighted by atomic mass is 10.0. The van der Waals surface area contributed by atoms with Crippen molar-refractivity contribution in [3.63, 3.8) is 0 Å². The molecular formula is C16H19Br2FN4O4S. The lowest BCUT2D eigenvalue weighted by Gasteiger charge is -2.37. The number of ether oxygens (including phenoxy) is 1. The summed E-state index contributed by atoms with van der Waals surface area (Å²) in [5, 5.41) is 3.51. The standard InChI is InChI=1S/C16H19Br2FN4O4S/c1-8(17)13(18)21-9(2)14(24)22-10-4-5-23(7-11(10)26-3)16-20-6-12(28-16)15(25)27-19/h6,10-11H,4-5,7H2,1-3H3,(H,22,24)/b13-8+,21-9+/t10?,11-/m0/s1. The summed E-state index contributed by atoms with van der Waals surface area (Å²) in [6.45, 7) is 4.49. The Balaban J connectivity index is 2.03. The smallest absolute Gasteiger partial charge is 0.377 e. The maximum Gasteiger partial charge on any atom is 0.391 e. The van der Waals surface area contributed by atoms with Gasteiger partial charge in [-0.25, -0.2) is 19.7 Å². The number of thiazole rings is 1. The summed E-state index contributed by atoms with van der Waals surface area (Å²) < 4.78 is 18.9. The molecule has 1 aromatic rings. The van der Waals surface area contributed by atoms with E-state index in [9.17, 15) is 14.1 Å². The number of piperidine rings is 1. The van der Waals surface area contributed by atoms with Crippen molar-refractivity contribution >= 4 is 65.9 Å². The third kappa shape index (κ3) is 5.82. The van der Waals surface area contributed by atoms with Crippen LogP contribution in [0, 0.1) is 0 Å². The molecule has 28 heavy (non-hydrogen) atoms. The molecule has 1 aromatic heterocycles. The van der Waals surface area contributed by atoms with Gasteiger partial charge in [-0.05, 0) is 36.2 Å². The molecular weight excluding hydrogens is 523 g/mol. The number of hydrogen-bond acceptors (Lipinski definition) is 8. The summed E-state index contributed by atoms with van der Waals surface area (Å²) in [7, 11) is 1.57. The number of nitrogens with zero attached hydrogens (tertiary/aromatic N) is 3. The van der Waals surface area contributed by atoms with Gasteiger partial charge in [-0.2, -0.15) is 0 Å². The van der Waals surface area contributed by atoms with Crippen molar-refractivity contribution in [2.75, 3.05) is 25.1 Å². The second-order valence-electron chi connectivity index (χ2n) is 5.98. The lowest BCUT2D eigenvalue weighted by molar-refractivity contribution is -0.116. The molecule has 1 amide bonds. The van der Waals surface area contributed by atoms with Gasteiger partial charge in [0.1, 0.15) is 15.2 Å². The minimum absolute atomic E-state index is 0.0782. The van der Waals surface area contributed by atoms with Crippen molar-refractivity contribution in [3.05, 3.63) is 20.2 Å². The normalized spacial score (nSPS) is 21.2. The van der Waals surface area contributed by atoms with Gasteiger partial charge >= 0.3 is 5.97 Å². The first kappa shape index (κ1) is 22.9. The largest absolute Gasteiger partial charge is 0.391 e. The van der Waals surface area contributed by atoms with E-state index in [1.54, 1.807) is 14.0 Å². The Hall–Kier alpha value is -1.37. The van der Waals surface area contributed by atoms with Gasteiger partial charge in [0.15, 0.2) is 5.13 Å². The molecule has 0 aliphatic carbocycles. The van der Waals surface area contributed by atoms with E-state index in [0.717, 1.165) is 15.8 Å². The average molecular weight is 542 g/mol. The first-order chi connectivity index (χ1) is 13.3. The van der Waals surface area contributed by atoms with E-state index in [1.165, 1.54) is 6.20 Å². The van der Waals surface area contributed by atoms with E-state index in [2.05, 4.69) is 52.1 Å². The van der Waals surface area contributed by atoms with Crippen LogP contribution in [0.5, 0.6) is 0 Å². The van der Waals surface area contributed by atoms with Crippen LogP contribution < -0.4 is 10.2 Å². The predicted octanol–water partition coefficient (Wildman–Crippen LogP) is 3.33. The zero-order chi connectivity index (χ0) is 20.8. The van der Waals surface area contributed by atoms with E-state index in [0.29, 0.717) is 35.0 Å². The fourth-order valence-electron chi connectivity index (χ4n) is 2.59. The Morgan fingerprint density at radius 1 is 1.43 bits per heavy atom. The number of rotatable bonds is 6. The molecule has 1 unspecified atom stereocenters. The predicted molar refractivity (Wildman–Crippen MR) is 112 cm³/mol. The second-order valence-corrected chi connectivity index (χ2v) is 8.93. The number of aromatic nitrogens is 1. The van der Waals surface area contributed by atoms with Gasteiger partial charge in [-0.3, -0.25) is 4.79 Å². The summed E-state index contributed by atoms with van der Waals surface area (Å²) in [5.41, 5.74) is 0.317. The fourth-order valence-corrected chi connectivity index (χ4v) is 3.76. The number of carbonyl (C=O) groups excluding carboxylic acids is 2. The van der Waals surface area contributed by atoms with E-state index in [1.807, 2.05) is 11.8 Å². The average Bonchev–Trinajstić information content (AvgIpc) is 3.17. The molecule has 0 aromatic carbocycles. The van der Waals surface area contributed by atoms with Gasteiger partial charge in [0.2, 0.25) is 0 Å². The monoisotopic (exact) mass is 540 g/mol. The van der Waals surface area contributed by atoms with Crippen molar-refractivity contribution in [1.29, 1.82) is 0 Å². The maximum atomic E-state index is 12.4. The summed E-state index contributed by atoms with van der Waals surface area (Å²) in [4.78, 5) is 37.2. The van der Waals surface area contributed by atoms with Crippen molar-refractivity contribution in [2.24, 2.45) is 4.99 Å². The van der Waals surface area contributed by atoms with Gasteiger partial charge in [-0.15, -0.1) is 0 Å². The molecule has 8 nitrogen and oxygen atoms in total. The molecule has 0 radical (unpaired) electrons. The molecule has 1 fully saturated rings. The zero-order valence-electron chi connectivity index (χ0n) is 15.4. The van der Waals surface area contributed by atoms with Crippen molar-refractivity contribution in [2.45, 2.75) is 32.4 Å². The number of anilines is 1. The Morgan fingerprint density at radius 3 is 2.75 bits per heavy atom. The van der Waals surface area contributed by atoms with E-state index < -0.39 is 5.97 Å². The molecule has 1 N–H and O–H groups in total. The maximum absolute atomic E-state index is 12.4. The Kier molecular flexibility index (Phi) is 8.53. The number of halogens is 3. The topological polar surface area (TPSA) is 93.1 Å². The van der Waals surface area contributed by atoms with Gasteiger partial charge in [0.05, 0.1) is 18.3 Å². The number of methoxy groups -OCH3 is 1. The number of hydrogen-bond donors (Lipinski definition) is 1. The zero-order valence-corrected chi connectivity index (χ0v) is 19.4. The molecule has 0 spiro atoms. The number of amides is 1. The van der Waals surface area contributed by atoms with Crippen LogP contribution in [0.2, 0.25) is 0 Å². The first-order valence-corrected chi connectivity index (χ1v) is 10.6. The van der Waals surface area contributed by atoms with Gasteiger partial charge in [-0.1, -0.05) is 27.3 Å². The molecule has 12 heteroatoms. The molecule has 2 atom stereocenters. The van der Waals surface area contributed by atoms with E-state index in [-0.39, 0.29) is 22.9 Å². The SMILES string of the molecule is CO[C@H]1CN(c2ncc(C(=O)OF)s2)CCC1NC(=O)/C(C)=N/C(Br)=C(\C)Br. The van der Waals surface area contributed by atoms with Crippen LogP contribution in [0.4, 0.5) is 9.66 Å². The molecule has 1 saturated heterocycles. The summed E-state index contributed by atoms with van der Waals surface area (Å²) in [5.74, 6) is -1.35. The van der Waals surface area contributed by atoms with E-state index in [4.69, 9.17) is 4.74 Å². The quantitative estimate of drug-likeness (QED) is 0.438. The Morgan fingerprint density at radius 2 is 2.14 bits per heavy atom. The number of carbonyl (C=O) groups is 2. The summed E-state index contributed by atoms with van der Waals surface area (Å²) >= 11 is 7.62. The summed E-state index contributed by atoms with van der Waals surface area (Å²) in [6, 6.07) is -0.207. The van der Waals surface area contributed by atoms with Gasteiger partial charge in [0.25, 0.3) is 5.91 Å². The molecule has 2 heterocycles. The van der Waals surface area contributed by atoms with Crippen molar-refractivity contribution in [1.82, 2.24) is 10.3 Å². The fraction of sp³-hybridized carbons (Fsp3) is 0.500. The molecule has 1 aliphatic heterocycles. The second kappa shape index (κ2) is 10.4. The minimum atomic E-state index is -1.07. The van der Waals surface area contributed by atoms with Crippen LogP contribution in [0.15, 0.2) is 20.3 Å². The van der Waals surface area contributed by atoms with Crippen LogP contribution in [0.3, 0.4) is 0 Å². The highest BCUT2D eigenvalue weighted by Crippen LogP contribution is 2.27. The Bertz CT molecular complexity index is 797. The van der Waals surface area contributed by atoms with Crippen LogP contribution in [0.25, 0.3) is 0 Å². The molecule has 0 saturated carbocycles. The van der Waals surface area contributed by atoms with Crippen LogP contribution in [-0.4, -0.2) is 54.9 Å². The number of allylic oxidation sites excluding steroid dienone is 1. The molecule has 1 aliphatic rings. The third-order valence-electron chi connectivity index (χ3n) is 4.09. The van der Waals surface area contributed by atoms with Crippen molar-refractivity contribution in [3.8, 4) is 0 Å². The van der Waals surface area contributed by atoms with Crippen molar-refractivity contribution < 1.29 is 23.8 Å². The highest BCUT2D eigenvalue weighted by molar-refractivity contribution is 9.14. The third-order valence-corrected chi connectivity index (χ3v) is 6.81. The van der Waals surface area contributed by atoms with Crippen LogP contribution in [-0.2, 0) is 14.5 Å². The summed E-state index contributed by atoms with van der Waals surface area (Å²) in [6.07, 6.45) is 1.59.